The molecule has 0 aliphatic carbocycles. The summed E-state index contributed by atoms with van der Waals surface area (Å²) in [4.78, 5) is 0. The van der Waals surface area contributed by atoms with Gasteiger partial charge in [0.15, 0.2) is 0 Å². The Hall–Kier alpha value is -1.76. The Morgan fingerprint density at radius 1 is 0.909 bits per heavy atom. The van der Waals surface area contributed by atoms with Crippen LogP contribution in [-0.4, -0.2) is 0 Å². The lowest BCUT2D eigenvalue weighted by Gasteiger charge is -2.23. The van der Waals surface area contributed by atoms with E-state index in [1.807, 2.05) is 0 Å². The zero-order valence-corrected chi connectivity index (χ0v) is 14.5. The third-order valence-electron chi connectivity index (χ3n) is 4.57. The van der Waals surface area contributed by atoms with Crippen LogP contribution in [0.25, 0.3) is 0 Å². The molecule has 0 fully saturated rings. The first-order chi connectivity index (χ1) is 10.4. The molecule has 0 unspecified atom stereocenters. The van der Waals surface area contributed by atoms with Gasteiger partial charge in [-0.25, -0.2) is 0 Å². The highest BCUT2D eigenvalue weighted by atomic mass is 16.5. The Morgan fingerprint density at radius 2 is 1.50 bits per heavy atom. The van der Waals surface area contributed by atoms with Gasteiger partial charge in [0.25, 0.3) is 0 Å². The number of rotatable bonds is 6. The van der Waals surface area contributed by atoms with E-state index in [1.54, 1.807) is 0 Å². The minimum Gasteiger partial charge on any atom is -0.489 e. The molecule has 0 N–H and O–H groups in total. The summed E-state index contributed by atoms with van der Waals surface area (Å²) in [5.41, 5.74) is 4.17. The van der Waals surface area contributed by atoms with Crippen LogP contribution in [0.3, 0.4) is 0 Å². The molecular weight excluding hydrogens is 268 g/mol. The van der Waals surface area contributed by atoms with Crippen LogP contribution in [-0.2, 0) is 12.0 Å². The van der Waals surface area contributed by atoms with Crippen molar-refractivity contribution in [2.75, 3.05) is 0 Å². The van der Waals surface area contributed by atoms with E-state index in [0.717, 1.165) is 12.2 Å². The lowest BCUT2D eigenvalue weighted by atomic mass is 9.82. The predicted octanol–water partition coefficient (Wildman–Crippen LogP) is 6.08. The molecule has 0 spiro atoms. The standard InChI is InChI=1S/C21H28O/c1-6-21(4,5)19-11-13-20(14-12-19)22-15-17-7-9-18(10-8-17)16(2)3/h7-14,16H,6,15H2,1-5H3. The molecule has 118 valence electrons. The summed E-state index contributed by atoms with van der Waals surface area (Å²) in [6.07, 6.45) is 1.13. The van der Waals surface area contributed by atoms with Crippen LogP contribution in [0, 0.1) is 0 Å². The maximum Gasteiger partial charge on any atom is 0.119 e. The fourth-order valence-electron chi connectivity index (χ4n) is 2.37. The molecule has 0 saturated heterocycles. The van der Waals surface area contributed by atoms with Crippen molar-refractivity contribution >= 4 is 0 Å². The van der Waals surface area contributed by atoms with Crippen LogP contribution in [0.4, 0.5) is 0 Å². The molecule has 0 aliphatic heterocycles. The van der Waals surface area contributed by atoms with Crippen LogP contribution in [0.1, 0.15) is 63.6 Å². The average Bonchev–Trinajstić information content (AvgIpc) is 2.53. The summed E-state index contributed by atoms with van der Waals surface area (Å²) in [5.74, 6) is 1.51. The lowest BCUT2D eigenvalue weighted by Crippen LogP contribution is -2.15. The third kappa shape index (κ3) is 4.13. The molecular formula is C21H28O. The van der Waals surface area contributed by atoms with E-state index in [1.165, 1.54) is 16.7 Å². The first-order valence-electron chi connectivity index (χ1n) is 8.24. The molecule has 1 heteroatoms. The zero-order valence-electron chi connectivity index (χ0n) is 14.5. The molecule has 22 heavy (non-hydrogen) atoms. The topological polar surface area (TPSA) is 9.23 Å². The summed E-state index contributed by atoms with van der Waals surface area (Å²) < 4.78 is 5.89. The van der Waals surface area contributed by atoms with Crippen molar-refractivity contribution in [3.05, 3.63) is 65.2 Å². The van der Waals surface area contributed by atoms with Gasteiger partial charge in [-0.2, -0.15) is 0 Å². The molecule has 0 bridgehead atoms. The van der Waals surface area contributed by atoms with E-state index in [0.29, 0.717) is 12.5 Å². The second kappa shape index (κ2) is 7.00. The Balaban J connectivity index is 1.97. The van der Waals surface area contributed by atoms with Gasteiger partial charge in [-0.1, -0.05) is 71.0 Å². The van der Waals surface area contributed by atoms with E-state index >= 15 is 0 Å². The number of benzene rings is 2. The Kier molecular flexibility index (Phi) is 5.28. The van der Waals surface area contributed by atoms with Crippen molar-refractivity contribution in [2.45, 2.75) is 59.0 Å². The average molecular weight is 296 g/mol. The molecule has 2 aromatic carbocycles. The van der Waals surface area contributed by atoms with Gasteiger partial charge in [0.2, 0.25) is 0 Å². The molecule has 0 aromatic heterocycles. The summed E-state index contributed by atoms with van der Waals surface area (Å²) in [6.45, 7) is 11.8. The first-order valence-corrected chi connectivity index (χ1v) is 8.24. The smallest absolute Gasteiger partial charge is 0.119 e. The molecule has 0 saturated carbocycles. The lowest BCUT2D eigenvalue weighted by molar-refractivity contribution is 0.306. The van der Waals surface area contributed by atoms with Crippen LogP contribution >= 0.6 is 0 Å². The van der Waals surface area contributed by atoms with E-state index in [-0.39, 0.29) is 5.41 Å². The molecule has 0 heterocycles. The molecule has 0 atom stereocenters. The van der Waals surface area contributed by atoms with Crippen LogP contribution in [0.2, 0.25) is 0 Å². The van der Waals surface area contributed by atoms with Gasteiger partial charge in [-0.15, -0.1) is 0 Å². The van der Waals surface area contributed by atoms with Gasteiger partial charge in [0, 0.05) is 0 Å². The number of hydrogen-bond donors (Lipinski definition) is 0. The Labute approximate surface area is 135 Å². The summed E-state index contributed by atoms with van der Waals surface area (Å²) in [6, 6.07) is 17.2. The molecule has 2 aromatic rings. The Morgan fingerprint density at radius 3 is 2.00 bits per heavy atom. The van der Waals surface area contributed by atoms with Crippen molar-refractivity contribution in [1.29, 1.82) is 0 Å². The first kappa shape index (κ1) is 16.6. The monoisotopic (exact) mass is 296 g/mol. The zero-order chi connectivity index (χ0) is 16.2. The second-order valence-electron chi connectivity index (χ2n) is 6.95. The SMILES string of the molecule is CCC(C)(C)c1ccc(OCc2ccc(C(C)C)cc2)cc1. The van der Waals surface area contributed by atoms with Crippen LogP contribution in [0.15, 0.2) is 48.5 Å². The van der Waals surface area contributed by atoms with Crippen molar-refractivity contribution < 1.29 is 4.74 Å². The minimum atomic E-state index is 0.227. The van der Waals surface area contributed by atoms with Gasteiger partial charge >= 0.3 is 0 Å². The second-order valence-corrected chi connectivity index (χ2v) is 6.95. The highest BCUT2D eigenvalue weighted by molar-refractivity contribution is 5.32. The number of hydrogen-bond acceptors (Lipinski definition) is 1. The van der Waals surface area contributed by atoms with E-state index < -0.39 is 0 Å². The maximum absolute atomic E-state index is 5.89. The molecule has 0 radical (unpaired) electrons. The van der Waals surface area contributed by atoms with Gasteiger partial charge in [0.05, 0.1) is 0 Å². The largest absolute Gasteiger partial charge is 0.489 e. The van der Waals surface area contributed by atoms with Gasteiger partial charge < -0.3 is 4.74 Å². The summed E-state index contributed by atoms with van der Waals surface area (Å²) in [5, 5.41) is 0. The van der Waals surface area contributed by atoms with Gasteiger partial charge in [-0.05, 0) is 46.6 Å². The van der Waals surface area contributed by atoms with Crippen molar-refractivity contribution in [3.63, 3.8) is 0 Å². The quantitative estimate of drug-likeness (QED) is 0.628. The van der Waals surface area contributed by atoms with Crippen molar-refractivity contribution in [3.8, 4) is 5.75 Å². The van der Waals surface area contributed by atoms with Crippen LogP contribution < -0.4 is 4.74 Å². The number of ether oxygens (including phenoxy) is 1. The van der Waals surface area contributed by atoms with Gasteiger partial charge in [0.1, 0.15) is 12.4 Å². The van der Waals surface area contributed by atoms with Crippen LogP contribution in [0.5, 0.6) is 5.75 Å². The minimum absolute atomic E-state index is 0.227. The predicted molar refractivity (Wildman–Crippen MR) is 94.6 cm³/mol. The van der Waals surface area contributed by atoms with Gasteiger partial charge in [-0.3, -0.25) is 0 Å². The van der Waals surface area contributed by atoms with E-state index in [9.17, 15) is 0 Å². The fourth-order valence-corrected chi connectivity index (χ4v) is 2.37. The normalized spacial score (nSPS) is 11.7. The molecule has 1 nitrogen and oxygen atoms in total. The van der Waals surface area contributed by atoms with E-state index in [4.69, 9.17) is 4.74 Å². The maximum atomic E-state index is 5.89. The van der Waals surface area contributed by atoms with Crippen molar-refractivity contribution in [1.82, 2.24) is 0 Å². The Bertz CT molecular complexity index is 576. The molecule has 2 rings (SSSR count). The molecule has 0 aliphatic rings. The highest BCUT2D eigenvalue weighted by Gasteiger charge is 2.17. The summed E-state index contributed by atoms with van der Waals surface area (Å²) in [7, 11) is 0. The van der Waals surface area contributed by atoms with E-state index in [2.05, 4.69) is 83.1 Å². The highest BCUT2D eigenvalue weighted by Crippen LogP contribution is 2.28. The molecule has 0 amide bonds. The van der Waals surface area contributed by atoms with Crippen molar-refractivity contribution in [2.24, 2.45) is 0 Å². The third-order valence-corrected chi connectivity index (χ3v) is 4.57. The summed E-state index contributed by atoms with van der Waals surface area (Å²) >= 11 is 0. The fraction of sp³-hybridized carbons (Fsp3) is 0.429.